The molecule has 0 saturated carbocycles. The molecule has 8 heteroatoms. The second kappa shape index (κ2) is 5.14. The van der Waals surface area contributed by atoms with Crippen molar-refractivity contribution in [2.24, 2.45) is 0 Å². The summed E-state index contributed by atoms with van der Waals surface area (Å²) < 4.78 is 64.6. The zero-order chi connectivity index (χ0) is 17.9. The SMILES string of the molecule is O=S(=O)(Oc1ccc2c(c1)C13CC=CC=C1C(=C2)NCC3)C(F)(F)F. The van der Waals surface area contributed by atoms with Crippen LogP contribution in [0.2, 0.25) is 0 Å². The molecule has 1 atom stereocenters. The van der Waals surface area contributed by atoms with Gasteiger partial charge in [-0.2, -0.15) is 21.6 Å². The molecule has 1 aromatic rings. The highest BCUT2D eigenvalue weighted by Crippen LogP contribution is 2.51. The zero-order valence-electron chi connectivity index (χ0n) is 12.9. The maximum Gasteiger partial charge on any atom is 0.534 e. The van der Waals surface area contributed by atoms with Gasteiger partial charge in [-0.15, -0.1) is 0 Å². The fourth-order valence-corrected chi connectivity index (χ4v) is 4.22. The van der Waals surface area contributed by atoms with Gasteiger partial charge in [0.25, 0.3) is 0 Å². The quantitative estimate of drug-likeness (QED) is 0.641. The predicted molar refractivity (Wildman–Crippen MR) is 86.2 cm³/mol. The van der Waals surface area contributed by atoms with Gasteiger partial charge in [0, 0.05) is 17.7 Å². The monoisotopic (exact) mass is 369 g/mol. The van der Waals surface area contributed by atoms with Gasteiger partial charge in [0.2, 0.25) is 0 Å². The number of hydrogen-bond acceptors (Lipinski definition) is 4. The molecule has 3 aliphatic rings. The average molecular weight is 369 g/mol. The van der Waals surface area contributed by atoms with Gasteiger partial charge in [-0.3, -0.25) is 0 Å². The van der Waals surface area contributed by atoms with Crippen LogP contribution < -0.4 is 9.50 Å². The maximum absolute atomic E-state index is 12.6. The minimum absolute atomic E-state index is 0.324. The second-order valence-corrected chi connectivity index (χ2v) is 7.80. The van der Waals surface area contributed by atoms with E-state index in [0.717, 1.165) is 35.4 Å². The van der Waals surface area contributed by atoms with E-state index in [1.807, 2.05) is 24.3 Å². The molecular weight excluding hydrogens is 355 g/mol. The molecule has 0 radical (unpaired) electrons. The highest BCUT2D eigenvalue weighted by atomic mass is 32.2. The Morgan fingerprint density at radius 3 is 2.80 bits per heavy atom. The van der Waals surface area contributed by atoms with E-state index in [4.69, 9.17) is 0 Å². The Bertz CT molecular complexity index is 944. The Morgan fingerprint density at radius 2 is 2.04 bits per heavy atom. The standard InChI is InChI=1S/C17H14F3NO3S/c18-17(19,20)25(22,23)24-12-5-4-11-9-15-13-3-1-2-6-16(13,7-8-21-15)14(11)10-12/h1-5,9-10,21H,6-8H2. The fraction of sp³-hybridized carbons (Fsp3) is 0.294. The third kappa shape index (κ3) is 2.38. The molecule has 2 aliphatic carbocycles. The molecule has 1 saturated heterocycles. The number of rotatable bonds is 2. The lowest BCUT2D eigenvalue weighted by molar-refractivity contribution is -0.0500. The summed E-state index contributed by atoms with van der Waals surface area (Å²) in [7, 11) is -5.69. The third-order valence-electron chi connectivity index (χ3n) is 4.87. The molecule has 132 valence electrons. The molecule has 1 N–H and O–H groups in total. The van der Waals surface area contributed by atoms with Crippen molar-refractivity contribution in [1.82, 2.24) is 5.32 Å². The van der Waals surface area contributed by atoms with Crippen LogP contribution >= 0.6 is 0 Å². The fourth-order valence-electron chi connectivity index (χ4n) is 3.77. The summed E-state index contributed by atoms with van der Waals surface area (Å²) in [5.41, 5.74) is -2.10. The molecule has 4 rings (SSSR count). The van der Waals surface area contributed by atoms with E-state index in [1.165, 1.54) is 12.1 Å². The van der Waals surface area contributed by atoms with Crippen LogP contribution in [0.15, 0.2) is 47.7 Å². The highest BCUT2D eigenvalue weighted by Gasteiger charge is 2.49. The van der Waals surface area contributed by atoms with Crippen molar-refractivity contribution in [3.8, 4) is 5.75 Å². The number of benzene rings is 1. The highest BCUT2D eigenvalue weighted by molar-refractivity contribution is 7.88. The summed E-state index contributed by atoms with van der Waals surface area (Å²) in [4.78, 5) is 0. The van der Waals surface area contributed by atoms with Gasteiger partial charge < -0.3 is 9.50 Å². The van der Waals surface area contributed by atoms with Crippen molar-refractivity contribution >= 4 is 16.2 Å². The molecule has 1 heterocycles. The summed E-state index contributed by atoms with van der Waals surface area (Å²) in [5.74, 6) is -0.324. The molecule has 1 unspecified atom stereocenters. The van der Waals surface area contributed by atoms with E-state index in [1.54, 1.807) is 6.07 Å². The van der Waals surface area contributed by atoms with Crippen molar-refractivity contribution in [2.75, 3.05) is 6.54 Å². The smallest absolute Gasteiger partial charge is 0.385 e. The Morgan fingerprint density at radius 1 is 1.24 bits per heavy atom. The molecule has 1 aromatic carbocycles. The van der Waals surface area contributed by atoms with Crippen molar-refractivity contribution in [3.63, 3.8) is 0 Å². The number of allylic oxidation sites excluding steroid dienone is 4. The van der Waals surface area contributed by atoms with Crippen LogP contribution in [0, 0.1) is 0 Å². The molecule has 0 spiro atoms. The van der Waals surface area contributed by atoms with Gasteiger partial charge in [-0.1, -0.05) is 24.3 Å². The van der Waals surface area contributed by atoms with Crippen LogP contribution in [0.1, 0.15) is 24.0 Å². The van der Waals surface area contributed by atoms with Crippen molar-refractivity contribution < 1.29 is 25.8 Å². The lowest BCUT2D eigenvalue weighted by Crippen LogP contribution is -2.43. The zero-order valence-corrected chi connectivity index (χ0v) is 13.7. The van der Waals surface area contributed by atoms with Crippen molar-refractivity contribution in [2.45, 2.75) is 23.8 Å². The molecule has 2 bridgehead atoms. The van der Waals surface area contributed by atoms with Crippen LogP contribution in [-0.4, -0.2) is 20.5 Å². The first kappa shape index (κ1) is 16.3. The van der Waals surface area contributed by atoms with E-state index in [0.29, 0.717) is 6.42 Å². The number of alkyl halides is 3. The van der Waals surface area contributed by atoms with Crippen LogP contribution in [0.3, 0.4) is 0 Å². The summed E-state index contributed by atoms with van der Waals surface area (Å²) >= 11 is 0. The molecule has 1 fully saturated rings. The van der Waals surface area contributed by atoms with Gasteiger partial charge in [-0.05, 0) is 47.8 Å². The minimum atomic E-state index is -5.69. The normalized spacial score (nSPS) is 24.4. The Labute approximate surface area is 142 Å². The molecule has 0 amide bonds. The van der Waals surface area contributed by atoms with Crippen LogP contribution in [0.4, 0.5) is 13.2 Å². The maximum atomic E-state index is 12.6. The predicted octanol–water partition coefficient (Wildman–Crippen LogP) is 3.39. The second-order valence-electron chi connectivity index (χ2n) is 6.26. The molecule has 1 aliphatic heterocycles. The summed E-state index contributed by atoms with van der Waals surface area (Å²) in [6.07, 6.45) is 9.36. The van der Waals surface area contributed by atoms with Crippen LogP contribution in [0.25, 0.3) is 6.08 Å². The van der Waals surface area contributed by atoms with Crippen LogP contribution in [-0.2, 0) is 15.5 Å². The van der Waals surface area contributed by atoms with Gasteiger partial charge in [0.05, 0.1) is 0 Å². The average Bonchev–Trinajstić information content (AvgIpc) is 2.54. The van der Waals surface area contributed by atoms with Gasteiger partial charge in [0.15, 0.2) is 0 Å². The van der Waals surface area contributed by atoms with E-state index >= 15 is 0 Å². The van der Waals surface area contributed by atoms with E-state index < -0.39 is 15.6 Å². The Balaban J connectivity index is 1.82. The first-order valence-corrected chi connectivity index (χ1v) is 9.12. The van der Waals surface area contributed by atoms with Gasteiger partial charge in [0.1, 0.15) is 5.75 Å². The van der Waals surface area contributed by atoms with Crippen molar-refractivity contribution in [1.29, 1.82) is 0 Å². The summed E-state index contributed by atoms with van der Waals surface area (Å²) in [5, 5.41) is 3.34. The van der Waals surface area contributed by atoms with Crippen molar-refractivity contribution in [3.05, 3.63) is 58.8 Å². The number of fused-ring (bicyclic) bond motifs is 1. The topological polar surface area (TPSA) is 55.4 Å². The van der Waals surface area contributed by atoms with E-state index in [-0.39, 0.29) is 11.2 Å². The largest absolute Gasteiger partial charge is 0.534 e. The Kier molecular flexibility index (Phi) is 3.34. The molecule has 0 aromatic heterocycles. The molecule has 25 heavy (non-hydrogen) atoms. The number of halogens is 3. The Hall–Kier alpha value is -2.22. The van der Waals surface area contributed by atoms with Gasteiger partial charge in [-0.25, -0.2) is 0 Å². The summed E-state index contributed by atoms with van der Waals surface area (Å²) in [6, 6.07) is 4.27. The number of piperidine rings is 1. The van der Waals surface area contributed by atoms with Gasteiger partial charge >= 0.3 is 15.6 Å². The number of hydrogen-bond donors (Lipinski definition) is 1. The molecular formula is C17H14F3NO3S. The van der Waals surface area contributed by atoms with Crippen LogP contribution in [0.5, 0.6) is 5.75 Å². The minimum Gasteiger partial charge on any atom is -0.385 e. The number of nitrogens with one attached hydrogen (secondary N) is 1. The molecule has 4 nitrogen and oxygen atoms in total. The lowest BCUT2D eigenvalue weighted by Gasteiger charge is -2.46. The lowest BCUT2D eigenvalue weighted by atomic mass is 9.61. The first-order valence-electron chi connectivity index (χ1n) is 7.71. The third-order valence-corrected chi connectivity index (χ3v) is 5.85. The van der Waals surface area contributed by atoms with E-state index in [9.17, 15) is 21.6 Å². The van der Waals surface area contributed by atoms with E-state index in [2.05, 4.69) is 9.50 Å². The summed E-state index contributed by atoms with van der Waals surface area (Å²) in [6.45, 7) is 0.738. The first-order chi connectivity index (χ1) is 11.7.